The molecule has 1 saturated carbocycles. The van der Waals surface area contributed by atoms with Crippen LogP contribution in [0.5, 0.6) is 0 Å². The van der Waals surface area contributed by atoms with E-state index < -0.39 is 0 Å². The van der Waals surface area contributed by atoms with Gasteiger partial charge in [-0.05, 0) is 37.4 Å². The molecular formula is C11H16N2O. The Bertz CT molecular complexity index is 301. The van der Waals surface area contributed by atoms with Gasteiger partial charge in [0.2, 0.25) is 0 Å². The van der Waals surface area contributed by atoms with Gasteiger partial charge >= 0.3 is 0 Å². The lowest BCUT2D eigenvalue weighted by atomic mass is 9.98. The standard InChI is InChI=1S/C11H16N2O/c12-5-4-9-7-11(9,8-14)10-3-1-2-6-13-10/h1-3,6,9,14H,4-5,7-8,12H2/t9-,11-/m0/s1. The number of hydrogen-bond acceptors (Lipinski definition) is 3. The predicted molar refractivity (Wildman–Crippen MR) is 54.8 cm³/mol. The number of pyridine rings is 1. The first-order valence-corrected chi connectivity index (χ1v) is 5.06. The molecule has 1 aromatic heterocycles. The molecule has 2 atom stereocenters. The lowest BCUT2D eigenvalue weighted by Gasteiger charge is -2.13. The number of rotatable bonds is 4. The summed E-state index contributed by atoms with van der Waals surface area (Å²) in [5.74, 6) is 0.521. The van der Waals surface area contributed by atoms with Crippen molar-refractivity contribution in [3.63, 3.8) is 0 Å². The first-order valence-electron chi connectivity index (χ1n) is 5.06. The van der Waals surface area contributed by atoms with Gasteiger partial charge in [0.15, 0.2) is 0 Å². The highest BCUT2D eigenvalue weighted by molar-refractivity contribution is 5.27. The van der Waals surface area contributed by atoms with Gasteiger partial charge in [-0.1, -0.05) is 6.07 Å². The average Bonchev–Trinajstić information content (AvgIpc) is 2.95. The molecule has 76 valence electrons. The van der Waals surface area contributed by atoms with Crippen molar-refractivity contribution < 1.29 is 5.11 Å². The van der Waals surface area contributed by atoms with E-state index in [1.165, 1.54) is 0 Å². The van der Waals surface area contributed by atoms with Gasteiger partial charge in [0.25, 0.3) is 0 Å². The van der Waals surface area contributed by atoms with E-state index in [4.69, 9.17) is 5.73 Å². The van der Waals surface area contributed by atoms with Crippen LogP contribution in [-0.4, -0.2) is 23.2 Å². The van der Waals surface area contributed by atoms with E-state index in [1.807, 2.05) is 18.2 Å². The van der Waals surface area contributed by atoms with Gasteiger partial charge in [-0.15, -0.1) is 0 Å². The van der Waals surface area contributed by atoms with E-state index in [0.717, 1.165) is 18.5 Å². The smallest absolute Gasteiger partial charge is 0.0545 e. The highest BCUT2D eigenvalue weighted by Gasteiger charge is 2.55. The van der Waals surface area contributed by atoms with E-state index >= 15 is 0 Å². The Morgan fingerprint density at radius 1 is 1.57 bits per heavy atom. The molecule has 0 aromatic carbocycles. The van der Waals surface area contributed by atoms with Gasteiger partial charge in [-0.2, -0.15) is 0 Å². The lowest BCUT2D eigenvalue weighted by molar-refractivity contribution is 0.241. The Morgan fingerprint density at radius 2 is 2.43 bits per heavy atom. The quantitative estimate of drug-likeness (QED) is 0.737. The highest BCUT2D eigenvalue weighted by Crippen LogP contribution is 2.54. The van der Waals surface area contributed by atoms with E-state index in [1.54, 1.807) is 6.20 Å². The normalized spacial score (nSPS) is 30.3. The summed E-state index contributed by atoms with van der Waals surface area (Å²) in [6.07, 6.45) is 3.79. The summed E-state index contributed by atoms with van der Waals surface area (Å²) < 4.78 is 0. The van der Waals surface area contributed by atoms with Crippen molar-refractivity contribution in [2.45, 2.75) is 18.3 Å². The molecule has 3 nitrogen and oxygen atoms in total. The molecule has 0 spiro atoms. The Kier molecular flexibility index (Phi) is 2.52. The third kappa shape index (κ3) is 1.42. The predicted octanol–water partition coefficient (Wildman–Crippen LogP) is 0.680. The van der Waals surface area contributed by atoms with Crippen LogP contribution in [0.1, 0.15) is 18.5 Å². The van der Waals surface area contributed by atoms with Gasteiger partial charge in [-0.3, -0.25) is 4.98 Å². The zero-order valence-electron chi connectivity index (χ0n) is 8.19. The summed E-state index contributed by atoms with van der Waals surface area (Å²) >= 11 is 0. The largest absolute Gasteiger partial charge is 0.395 e. The summed E-state index contributed by atoms with van der Waals surface area (Å²) in [4.78, 5) is 4.32. The van der Waals surface area contributed by atoms with Gasteiger partial charge in [0.05, 0.1) is 6.61 Å². The minimum Gasteiger partial charge on any atom is -0.395 e. The topological polar surface area (TPSA) is 59.1 Å². The molecule has 2 rings (SSSR count). The van der Waals surface area contributed by atoms with Crippen molar-refractivity contribution >= 4 is 0 Å². The van der Waals surface area contributed by atoms with Crippen LogP contribution in [-0.2, 0) is 5.41 Å². The summed E-state index contributed by atoms with van der Waals surface area (Å²) in [6, 6.07) is 5.86. The molecule has 14 heavy (non-hydrogen) atoms. The summed E-state index contributed by atoms with van der Waals surface area (Å²) in [6.45, 7) is 0.883. The Balaban J connectivity index is 2.17. The zero-order chi connectivity index (χ0) is 10.0. The SMILES string of the molecule is NCC[C@H]1C[C@@]1(CO)c1ccccn1. The monoisotopic (exact) mass is 192 g/mol. The molecule has 0 saturated heterocycles. The van der Waals surface area contributed by atoms with Crippen LogP contribution in [0, 0.1) is 5.92 Å². The fraction of sp³-hybridized carbons (Fsp3) is 0.545. The van der Waals surface area contributed by atoms with Crippen LogP contribution in [0.4, 0.5) is 0 Å². The fourth-order valence-electron chi connectivity index (χ4n) is 2.21. The number of aromatic nitrogens is 1. The zero-order valence-corrected chi connectivity index (χ0v) is 8.19. The van der Waals surface area contributed by atoms with Crippen molar-refractivity contribution in [2.24, 2.45) is 11.7 Å². The molecule has 1 fully saturated rings. The number of nitrogens with zero attached hydrogens (tertiary/aromatic N) is 1. The first-order chi connectivity index (χ1) is 6.83. The van der Waals surface area contributed by atoms with Crippen LogP contribution in [0.3, 0.4) is 0 Å². The van der Waals surface area contributed by atoms with Crippen LogP contribution < -0.4 is 5.73 Å². The Morgan fingerprint density at radius 3 is 3.00 bits per heavy atom. The van der Waals surface area contributed by atoms with Gasteiger partial charge in [-0.25, -0.2) is 0 Å². The third-order valence-corrected chi connectivity index (χ3v) is 3.20. The van der Waals surface area contributed by atoms with Crippen molar-refractivity contribution in [1.82, 2.24) is 4.98 Å². The van der Waals surface area contributed by atoms with Gasteiger partial charge in [0, 0.05) is 17.3 Å². The number of aliphatic hydroxyl groups excluding tert-OH is 1. The summed E-state index contributed by atoms with van der Waals surface area (Å²) in [7, 11) is 0. The van der Waals surface area contributed by atoms with Crippen LogP contribution in [0.25, 0.3) is 0 Å². The average molecular weight is 192 g/mol. The molecule has 0 bridgehead atoms. The molecule has 3 N–H and O–H groups in total. The highest BCUT2D eigenvalue weighted by atomic mass is 16.3. The van der Waals surface area contributed by atoms with E-state index in [2.05, 4.69) is 4.98 Å². The molecule has 3 heteroatoms. The maximum absolute atomic E-state index is 9.43. The second-order valence-corrected chi connectivity index (χ2v) is 4.01. The van der Waals surface area contributed by atoms with Crippen LogP contribution >= 0.6 is 0 Å². The number of hydrogen-bond donors (Lipinski definition) is 2. The molecule has 1 aliphatic carbocycles. The molecule has 0 aliphatic heterocycles. The molecule has 0 amide bonds. The molecule has 1 heterocycles. The Labute approximate surface area is 84.0 Å². The minimum absolute atomic E-state index is 0.0827. The second kappa shape index (κ2) is 3.67. The number of aliphatic hydroxyl groups is 1. The third-order valence-electron chi connectivity index (χ3n) is 3.20. The summed E-state index contributed by atoms with van der Waals surface area (Å²) in [5, 5.41) is 9.43. The van der Waals surface area contributed by atoms with Crippen molar-refractivity contribution in [2.75, 3.05) is 13.2 Å². The van der Waals surface area contributed by atoms with Crippen LogP contribution in [0.2, 0.25) is 0 Å². The van der Waals surface area contributed by atoms with Gasteiger partial charge < -0.3 is 10.8 Å². The molecule has 1 aromatic rings. The second-order valence-electron chi connectivity index (χ2n) is 4.01. The minimum atomic E-state index is -0.0827. The van der Waals surface area contributed by atoms with E-state index in [0.29, 0.717) is 12.5 Å². The van der Waals surface area contributed by atoms with E-state index in [9.17, 15) is 5.11 Å². The first kappa shape index (κ1) is 9.62. The van der Waals surface area contributed by atoms with Crippen LogP contribution in [0.15, 0.2) is 24.4 Å². The van der Waals surface area contributed by atoms with Crippen molar-refractivity contribution in [3.8, 4) is 0 Å². The van der Waals surface area contributed by atoms with Crippen molar-refractivity contribution in [1.29, 1.82) is 0 Å². The summed E-state index contributed by atoms with van der Waals surface area (Å²) in [5.41, 5.74) is 6.45. The maximum atomic E-state index is 9.43. The molecule has 1 aliphatic rings. The molecule has 0 unspecified atom stereocenters. The maximum Gasteiger partial charge on any atom is 0.0545 e. The van der Waals surface area contributed by atoms with Gasteiger partial charge in [0.1, 0.15) is 0 Å². The molecule has 0 radical (unpaired) electrons. The Hall–Kier alpha value is -0.930. The fourth-order valence-corrected chi connectivity index (χ4v) is 2.21. The molecular weight excluding hydrogens is 176 g/mol. The number of nitrogens with two attached hydrogens (primary N) is 1. The van der Waals surface area contributed by atoms with E-state index in [-0.39, 0.29) is 12.0 Å². The lowest BCUT2D eigenvalue weighted by Crippen LogP contribution is -2.18. The van der Waals surface area contributed by atoms with Crippen molar-refractivity contribution in [3.05, 3.63) is 30.1 Å².